The normalized spacial score (nSPS) is 16.3. The molecule has 1 heterocycles. The number of carbonyl (C=O) groups excluding carboxylic acids is 3. The summed E-state index contributed by atoms with van der Waals surface area (Å²) in [5.41, 5.74) is 2.81. The van der Waals surface area contributed by atoms with E-state index in [0.717, 1.165) is 25.0 Å². The summed E-state index contributed by atoms with van der Waals surface area (Å²) in [7, 11) is 0. The zero-order chi connectivity index (χ0) is 26.3. The van der Waals surface area contributed by atoms with Crippen molar-refractivity contribution in [3.8, 4) is 0 Å². The maximum absolute atomic E-state index is 13.0. The highest BCUT2D eigenvalue weighted by atomic mass is 16.5. The SMILES string of the molecule is CC(C)C(NC(=O)c1ccc(C(C)(C)C)cc1)C(=O)Nc1ccc(NC(=O)NCC2CCCO2)cc1. The van der Waals surface area contributed by atoms with Gasteiger partial charge in [-0.3, -0.25) is 9.59 Å². The molecule has 194 valence electrons. The number of hydrogen-bond donors (Lipinski definition) is 4. The first-order valence-corrected chi connectivity index (χ1v) is 12.5. The Morgan fingerprint density at radius 2 is 1.56 bits per heavy atom. The molecule has 0 aliphatic carbocycles. The summed E-state index contributed by atoms with van der Waals surface area (Å²) in [6.07, 6.45) is 2.05. The van der Waals surface area contributed by atoms with Gasteiger partial charge < -0.3 is 26.0 Å². The van der Waals surface area contributed by atoms with Crippen molar-refractivity contribution in [2.75, 3.05) is 23.8 Å². The van der Waals surface area contributed by atoms with Crippen molar-refractivity contribution in [2.45, 2.75) is 65.0 Å². The van der Waals surface area contributed by atoms with E-state index < -0.39 is 6.04 Å². The molecule has 2 atom stereocenters. The van der Waals surface area contributed by atoms with Gasteiger partial charge in [0.05, 0.1) is 6.10 Å². The monoisotopic (exact) mass is 494 g/mol. The van der Waals surface area contributed by atoms with E-state index in [4.69, 9.17) is 4.74 Å². The van der Waals surface area contributed by atoms with Crippen LogP contribution in [-0.2, 0) is 14.9 Å². The van der Waals surface area contributed by atoms with Gasteiger partial charge in [0.15, 0.2) is 0 Å². The minimum atomic E-state index is -0.707. The van der Waals surface area contributed by atoms with Crippen molar-refractivity contribution >= 4 is 29.2 Å². The third-order valence-corrected chi connectivity index (χ3v) is 6.17. The topological polar surface area (TPSA) is 109 Å². The van der Waals surface area contributed by atoms with Crippen molar-refractivity contribution < 1.29 is 19.1 Å². The van der Waals surface area contributed by atoms with Gasteiger partial charge in [-0.25, -0.2) is 4.79 Å². The molecule has 2 unspecified atom stereocenters. The van der Waals surface area contributed by atoms with Gasteiger partial charge in [0, 0.05) is 30.1 Å². The second kappa shape index (κ2) is 12.0. The largest absolute Gasteiger partial charge is 0.376 e. The first-order valence-electron chi connectivity index (χ1n) is 12.5. The molecule has 2 aromatic carbocycles. The Balaban J connectivity index is 1.54. The van der Waals surface area contributed by atoms with Gasteiger partial charge in [-0.2, -0.15) is 0 Å². The molecule has 4 N–H and O–H groups in total. The van der Waals surface area contributed by atoms with Crippen LogP contribution in [0.5, 0.6) is 0 Å². The molecule has 2 aromatic rings. The quantitative estimate of drug-likeness (QED) is 0.427. The van der Waals surface area contributed by atoms with Gasteiger partial charge in [-0.1, -0.05) is 46.8 Å². The Labute approximate surface area is 213 Å². The Hall–Kier alpha value is -3.39. The van der Waals surface area contributed by atoms with Crippen LogP contribution >= 0.6 is 0 Å². The summed E-state index contributed by atoms with van der Waals surface area (Å²) in [5, 5.41) is 11.3. The van der Waals surface area contributed by atoms with E-state index in [1.807, 2.05) is 26.0 Å². The smallest absolute Gasteiger partial charge is 0.319 e. The van der Waals surface area contributed by atoms with E-state index in [9.17, 15) is 14.4 Å². The Bertz CT molecular complexity index is 1040. The number of amides is 4. The highest BCUT2D eigenvalue weighted by molar-refractivity contribution is 6.01. The van der Waals surface area contributed by atoms with Gasteiger partial charge in [-0.15, -0.1) is 0 Å². The fraction of sp³-hybridized carbons (Fsp3) is 0.464. The van der Waals surface area contributed by atoms with E-state index in [-0.39, 0.29) is 35.3 Å². The molecule has 8 heteroatoms. The van der Waals surface area contributed by atoms with Crippen LogP contribution in [0.25, 0.3) is 0 Å². The molecular formula is C28H38N4O4. The second-order valence-corrected chi connectivity index (χ2v) is 10.6. The van der Waals surface area contributed by atoms with Crippen LogP contribution in [0.1, 0.15) is 63.4 Å². The number of urea groups is 1. The van der Waals surface area contributed by atoms with Gasteiger partial charge >= 0.3 is 6.03 Å². The van der Waals surface area contributed by atoms with Crippen molar-refractivity contribution in [2.24, 2.45) is 5.92 Å². The highest BCUT2D eigenvalue weighted by Crippen LogP contribution is 2.22. The van der Waals surface area contributed by atoms with Crippen molar-refractivity contribution in [3.05, 3.63) is 59.7 Å². The van der Waals surface area contributed by atoms with Gasteiger partial charge in [0.2, 0.25) is 5.91 Å². The lowest BCUT2D eigenvalue weighted by atomic mass is 9.86. The van der Waals surface area contributed by atoms with Crippen molar-refractivity contribution in [1.29, 1.82) is 0 Å². The lowest BCUT2D eigenvalue weighted by Gasteiger charge is -2.22. The standard InChI is InChI=1S/C28H38N4O4/c1-18(2)24(32-25(33)19-8-10-20(11-9-19)28(3,4)5)26(34)30-21-12-14-22(15-13-21)31-27(35)29-17-23-7-6-16-36-23/h8-15,18,23-24H,6-7,16-17H2,1-5H3,(H,30,34)(H,32,33)(H2,29,31,35). The molecule has 0 bridgehead atoms. The van der Waals surface area contributed by atoms with Crippen LogP contribution in [0.2, 0.25) is 0 Å². The van der Waals surface area contributed by atoms with Gasteiger partial charge in [0.25, 0.3) is 5.91 Å². The molecular weight excluding hydrogens is 456 g/mol. The third kappa shape index (κ3) is 7.81. The zero-order valence-electron chi connectivity index (χ0n) is 21.8. The summed E-state index contributed by atoms with van der Waals surface area (Å²) in [5.74, 6) is -0.714. The van der Waals surface area contributed by atoms with Gasteiger partial charge in [-0.05, 0) is 66.1 Å². The van der Waals surface area contributed by atoms with E-state index in [0.29, 0.717) is 23.5 Å². The minimum absolute atomic E-state index is 0.00531. The van der Waals surface area contributed by atoms with E-state index in [1.54, 1.807) is 36.4 Å². The van der Waals surface area contributed by atoms with Crippen molar-refractivity contribution in [3.63, 3.8) is 0 Å². The number of anilines is 2. The maximum atomic E-state index is 13.0. The number of ether oxygens (including phenoxy) is 1. The highest BCUT2D eigenvalue weighted by Gasteiger charge is 2.25. The summed E-state index contributed by atoms with van der Waals surface area (Å²) in [4.78, 5) is 37.9. The average molecular weight is 495 g/mol. The fourth-order valence-corrected chi connectivity index (χ4v) is 3.93. The number of nitrogens with one attached hydrogen (secondary N) is 4. The number of rotatable bonds is 8. The number of carbonyl (C=O) groups is 3. The van der Waals surface area contributed by atoms with Crippen molar-refractivity contribution in [1.82, 2.24) is 10.6 Å². The molecule has 8 nitrogen and oxygen atoms in total. The number of benzene rings is 2. The van der Waals surface area contributed by atoms with Crippen LogP contribution in [0.15, 0.2) is 48.5 Å². The first kappa shape index (κ1) is 27.2. The summed E-state index contributed by atoms with van der Waals surface area (Å²) in [6.45, 7) is 11.3. The molecule has 1 aliphatic rings. The molecule has 0 saturated carbocycles. The average Bonchev–Trinajstić information content (AvgIpc) is 3.35. The fourth-order valence-electron chi connectivity index (χ4n) is 3.93. The summed E-state index contributed by atoms with van der Waals surface area (Å²) in [6, 6.07) is 13.3. The van der Waals surface area contributed by atoms with E-state index in [2.05, 4.69) is 42.0 Å². The molecule has 4 amide bonds. The minimum Gasteiger partial charge on any atom is -0.376 e. The maximum Gasteiger partial charge on any atom is 0.319 e. The Morgan fingerprint density at radius 3 is 2.08 bits per heavy atom. The van der Waals surface area contributed by atoms with E-state index >= 15 is 0 Å². The molecule has 1 saturated heterocycles. The Morgan fingerprint density at radius 1 is 0.944 bits per heavy atom. The molecule has 0 radical (unpaired) electrons. The Kier molecular flexibility index (Phi) is 9.09. The second-order valence-electron chi connectivity index (χ2n) is 10.6. The predicted octanol–water partition coefficient (Wildman–Crippen LogP) is 4.68. The van der Waals surface area contributed by atoms with Crippen LogP contribution < -0.4 is 21.3 Å². The lowest BCUT2D eigenvalue weighted by Crippen LogP contribution is -2.47. The summed E-state index contributed by atoms with van der Waals surface area (Å²) >= 11 is 0. The van der Waals surface area contributed by atoms with Crippen LogP contribution in [0, 0.1) is 5.92 Å². The molecule has 1 fully saturated rings. The molecule has 0 spiro atoms. The van der Waals surface area contributed by atoms with Crippen LogP contribution in [0.3, 0.4) is 0 Å². The van der Waals surface area contributed by atoms with Crippen LogP contribution in [0.4, 0.5) is 16.2 Å². The van der Waals surface area contributed by atoms with Crippen LogP contribution in [-0.4, -0.2) is 43.1 Å². The number of hydrogen-bond acceptors (Lipinski definition) is 4. The molecule has 1 aliphatic heterocycles. The van der Waals surface area contributed by atoms with Gasteiger partial charge in [0.1, 0.15) is 6.04 Å². The first-order chi connectivity index (χ1) is 17.0. The zero-order valence-corrected chi connectivity index (χ0v) is 21.8. The predicted molar refractivity (Wildman–Crippen MR) is 142 cm³/mol. The molecule has 0 aromatic heterocycles. The third-order valence-electron chi connectivity index (χ3n) is 6.17. The molecule has 3 rings (SSSR count). The van der Waals surface area contributed by atoms with E-state index in [1.165, 1.54) is 0 Å². The summed E-state index contributed by atoms with van der Waals surface area (Å²) < 4.78 is 5.50. The lowest BCUT2D eigenvalue weighted by molar-refractivity contribution is -0.118. The molecule has 36 heavy (non-hydrogen) atoms.